The van der Waals surface area contributed by atoms with Gasteiger partial charge in [-0.25, -0.2) is 9.13 Å². The second-order valence-corrected chi connectivity index (χ2v) is 6.27. The molecule has 0 saturated heterocycles. The molecule has 0 unspecified atom stereocenters. The molecule has 30 heavy (non-hydrogen) atoms. The summed E-state index contributed by atoms with van der Waals surface area (Å²) in [5, 5.41) is 0. The smallest absolute Gasteiger partial charge is 1.00 e. The minimum Gasteiger partial charge on any atom is -1.00 e. The number of hydrogen-bond donors (Lipinski definition) is 0. The summed E-state index contributed by atoms with van der Waals surface area (Å²) in [7, 11) is 0. The maximum atomic E-state index is 2.21. The Morgan fingerprint density at radius 2 is 0.967 bits per heavy atom. The van der Waals surface area contributed by atoms with E-state index in [1.165, 1.54) is 11.8 Å². The average molecular weight is 592 g/mol. The predicted octanol–water partition coefficient (Wildman–Crippen LogP) is 0.628. The van der Waals surface area contributed by atoms with Gasteiger partial charge in [-0.15, -0.1) is 0 Å². The molecule has 154 valence electrons. The van der Waals surface area contributed by atoms with Gasteiger partial charge in [-0.1, -0.05) is 0 Å². The third-order valence-corrected chi connectivity index (χ3v) is 4.05. The minimum atomic E-state index is 0. The predicted molar refractivity (Wildman–Crippen MR) is 109 cm³/mol. The maximum absolute atomic E-state index is 2.21. The van der Waals surface area contributed by atoms with Gasteiger partial charge in [0.25, 0.3) is 0 Å². The molecule has 0 aliphatic heterocycles. The van der Waals surface area contributed by atoms with Crippen LogP contribution in [-0.4, -0.2) is 4.57 Å². The van der Waals surface area contributed by atoms with Crippen LogP contribution in [0.1, 0.15) is 0 Å². The zero-order chi connectivity index (χ0) is 18.6. The summed E-state index contributed by atoms with van der Waals surface area (Å²) in [6, 6.07) is 0. The van der Waals surface area contributed by atoms with Gasteiger partial charge in [-0.2, -0.15) is 0 Å². The van der Waals surface area contributed by atoms with E-state index < -0.39 is 0 Å². The quantitative estimate of drug-likeness (QED) is 0.276. The zero-order valence-electron chi connectivity index (χ0n) is 16.5. The van der Waals surface area contributed by atoms with Crippen LogP contribution in [-0.2, 0) is 47.2 Å². The Kier molecular flexibility index (Phi) is 20.1. The molecule has 1 aromatic heterocycles. The molecule has 5 rings (SSSR count). The van der Waals surface area contributed by atoms with Crippen LogP contribution in [0.5, 0.6) is 0 Å². The second-order valence-electron chi connectivity index (χ2n) is 6.27. The van der Waals surface area contributed by atoms with Crippen LogP contribution in [0.25, 0.3) is 0 Å². The number of nitrogens with zero attached hydrogens (tertiary/aromatic N) is 2. The van der Waals surface area contributed by atoms with Crippen molar-refractivity contribution in [3.8, 4) is 0 Å². The van der Waals surface area contributed by atoms with Crippen molar-refractivity contribution < 1.29 is 62.7 Å². The number of imidazole rings is 1. The van der Waals surface area contributed by atoms with E-state index in [1.807, 2.05) is 64.2 Å². The van der Waals surface area contributed by atoms with Crippen LogP contribution in [0.3, 0.4) is 0 Å². The Hall–Kier alpha value is 0.979. The molecule has 1 heterocycles. The van der Waals surface area contributed by atoms with Crippen LogP contribution in [0.4, 0.5) is 0 Å². The van der Waals surface area contributed by atoms with Gasteiger partial charge in [-0.3, -0.25) is 0 Å². The standard InChI is InChI=1S/C15H15N2.2C5H5.2Fe.HI/c1-2-6-14(5-1)11-16-9-10-17(13-16)12-15-7-3-4-8-15;2*1-2-4-5-3-1;;;/h1-10,13H,11-12H2;2*1-5H;;;1H/q+1;;;2*+2;/p-1. The molecule has 4 fully saturated rings. The molecular formula is C25H25Fe2IN2+4. The fourth-order valence-corrected chi connectivity index (χ4v) is 2.73. The number of aromatic nitrogens is 2. The van der Waals surface area contributed by atoms with E-state index in [4.69, 9.17) is 0 Å². The van der Waals surface area contributed by atoms with Crippen molar-refractivity contribution in [2.24, 2.45) is 0 Å². The van der Waals surface area contributed by atoms with Crippen molar-refractivity contribution in [3.63, 3.8) is 0 Å². The van der Waals surface area contributed by atoms with Crippen LogP contribution in [0, 0.1) is 127 Å². The molecule has 1 aromatic rings. The Bertz CT molecular complexity index is 431. The maximum Gasteiger partial charge on any atom is 2.00 e. The van der Waals surface area contributed by atoms with Crippen LogP contribution in [0.2, 0.25) is 0 Å². The van der Waals surface area contributed by atoms with E-state index in [-0.39, 0.29) is 58.1 Å². The van der Waals surface area contributed by atoms with Gasteiger partial charge in [0.2, 0.25) is 6.33 Å². The molecule has 4 saturated carbocycles. The SMILES string of the molecule is [CH]1[CH][CH][CH][CH]1.[CH]1[CH][CH][CH][CH]1.[CH]1[CH][CH][C](Cn2cc[n+](C[C]3[CH][CH][CH][CH]3)c2)[CH]1.[Fe+2].[Fe+2].[I-]. The first-order chi connectivity index (χ1) is 13.4. The molecule has 0 aromatic carbocycles. The summed E-state index contributed by atoms with van der Waals surface area (Å²) in [6.07, 6.45) is 43.3. The van der Waals surface area contributed by atoms with Crippen molar-refractivity contribution >= 4 is 0 Å². The fourth-order valence-electron chi connectivity index (χ4n) is 2.73. The normalized spacial score (nSPS) is 20.8. The molecule has 5 heteroatoms. The average Bonchev–Trinajstić information content (AvgIpc) is 3.50. The molecular weight excluding hydrogens is 567 g/mol. The van der Waals surface area contributed by atoms with Crippen molar-refractivity contribution in [1.29, 1.82) is 0 Å². The van der Waals surface area contributed by atoms with E-state index in [0.29, 0.717) is 0 Å². The van der Waals surface area contributed by atoms with E-state index in [2.05, 4.69) is 79.2 Å². The Morgan fingerprint density at radius 3 is 1.40 bits per heavy atom. The summed E-state index contributed by atoms with van der Waals surface area (Å²) in [5.41, 5.74) is 0. The first-order valence-corrected chi connectivity index (χ1v) is 9.19. The van der Waals surface area contributed by atoms with Crippen LogP contribution < -0.4 is 28.5 Å². The van der Waals surface area contributed by atoms with Crippen molar-refractivity contribution in [3.05, 3.63) is 146 Å². The van der Waals surface area contributed by atoms with Crippen molar-refractivity contribution in [1.82, 2.24) is 4.57 Å². The molecule has 0 bridgehead atoms. The Balaban J connectivity index is 0.000000540. The van der Waals surface area contributed by atoms with E-state index in [0.717, 1.165) is 13.1 Å². The second kappa shape index (κ2) is 19.4. The van der Waals surface area contributed by atoms with Gasteiger partial charge >= 0.3 is 34.1 Å². The molecule has 0 spiro atoms. The van der Waals surface area contributed by atoms with E-state index >= 15 is 0 Å². The van der Waals surface area contributed by atoms with Gasteiger partial charge in [-0.05, 0) is 116 Å². The summed E-state index contributed by atoms with van der Waals surface area (Å²) in [5.74, 6) is 2.70. The summed E-state index contributed by atoms with van der Waals surface area (Å²) in [6.45, 7) is 1.89. The molecule has 2 nitrogen and oxygen atoms in total. The monoisotopic (exact) mass is 592 g/mol. The van der Waals surface area contributed by atoms with Gasteiger partial charge in [0.1, 0.15) is 12.4 Å². The Labute approximate surface area is 225 Å². The number of hydrogen-bond acceptors (Lipinski definition) is 0. The Morgan fingerprint density at radius 1 is 0.567 bits per heavy atom. The summed E-state index contributed by atoms with van der Waals surface area (Å²) < 4.78 is 4.41. The fraction of sp³-hybridized carbons (Fsp3) is 0.0800. The molecule has 0 N–H and O–H groups in total. The molecule has 20 radical (unpaired) electrons. The third-order valence-electron chi connectivity index (χ3n) is 4.05. The summed E-state index contributed by atoms with van der Waals surface area (Å²) >= 11 is 0. The van der Waals surface area contributed by atoms with Crippen molar-refractivity contribution in [2.75, 3.05) is 0 Å². The van der Waals surface area contributed by atoms with Crippen LogP contribution in [0.15, 0.2) is 18.7 Å². The third kappa shape index (κ3) is 12.9. The minimum absolute atomic E-state index is 0. The number of rotatable bonds is 4. The summed E-state index contributed by atoms with van der Waals surface area (Å²) in [4.78, 5) is 0. The first-order valence-electron chi connectivity index (χ1n) is 9.19. The number of halogens is 1. The van der Waals surface area contributed by atoms with Gasteiger partial charge in [0, 0.05) is 11.8 Å². The van der Waals surface area contributed by atoms with Gasteiger partial charge in [0.05, 0.1) is 13.1 Å². The molecule has 0 amide bonds. The van der Waals surface area contributed by atoms with Crippen LogP contribution >= 0.6 is 0 Å². The van der Waals surface area contributed by atoms with Crippen molar-refractivity contribution in [2.45, 2.75) is 13.1 Å². The molecule has 4 aliphatic rings. The van der Waals surface area contributed by atoms with E-state index in [9.17, 15) is 0 Å². The van der Waals surface area contributed by atoms with Gasteiger partial charge in [0.15, 0.2) is 0 Å². The first kappa shape index (κ1) is 31.0. The van der Waals surface area contributed by atoms with E-state index in [1.54, 1.807) is 0 Å². The molecule has 0 atom stereocenters. The molecule has 4 aliphatic carbocycles. The largest absolute Gasteiger partial charge is 2.00 e. The topological polar surface area (TPSA) is 8.81 Å². The van der Waals surface area contributed by atoms with Gasteiger partial charge < -0.3 is 24.0 Å². The zero-order valence-corrected chi connectivity index (χ0v) is 20.9.